The van der Waals surface area contributed by atoms with Gasteiger partial charge in [0, 0.05) is 11.7 Å². The molecule has 72 valence electrons. The van der Waals surface area contributed by atoms with E-state index in [1.807, 2.05) is 18.2 Å². The van der Waals surface area contributed by atoms with Gasteiger partial charge in [-0.3, -0.25) is 0 Å². The second kappa shape index (κ2) is 4.28. The second-order valence-electron chi connectivity index (χ2n) is 3.51. The Morgan fingerprint density at radius 3 is 2.62 bits per heavy atom. The van der Waals surface area contributed by atoms with Crippen LogP contribution in [0.2, 0.25) is 0 Å². The number of anilines is 1. The van der Waals surface area contributed by atoms with Gasteiger partial charge in [0.2, 0.25) is 0 Å². The molecule has 0 aromatic heterocycles. The molecule has 1 aromatic rings. The summed E-state index contributed by atoms with van der Waals surface area (Å²) in [6, 6.07) is 6.08. The van der Waals surface area contributed by atoms with Crippen molar-refractivity contribution in [3.63, 3.8) is 0 Å². The first-order valence-electron chi connectivity index (χ1n) is 4.76. The van der Waals surface area contributed by atoms with E-state index in [2.05, 4.69) is 13.8 Å². The Balaban J connectivity index is 2.88. The van der Waals surface area contributed by atoms with Crippen molar-refractivity contribution >= 4 is 5.69 Å². The smallest absolute Gasteiger partial charge is 0.0316 e. The van der Waals surface area contributed by atoms with Crippen LogP contribution in [0.3, 0.4) is 0 Å². The lowest BCUT2D eigenvalue weighted by molar-refractivity contribution is 0.635. The molecule has 2 nitrogen and oxygen atoms in total. The fraction of sp³-hybridized carbons (Fsp3) is 0.455. The normalized spacial score (nSPS) is 12.8. The molecule has 1 aromatic carbocycles. The zero-order chi connectivity index (χ0) is 9.84. The fourth-order valence-corrected chi connectivity index (χ4v) is 1.58. The van der Waals surface area contributed by atoms with E-state index < -0.39 is 0 Å². The number of nitrogen functional groups attached to an aromatic ring is 1. The van der Waals surface area contributed by atoms with Gasteiger partial charge >= 0.3 is 0 Å². The van der Waals surface area contributed by atoms with E-state index in [-0.39, 0.29) is 6.04 Å². The van der Waals surface area contributed by atoms with E-state index in [4.69, 9.17) is 11.5 Å². The highest BCUT2D eigenvalue weighted by molar-refractivity contribution is 5.45. The van der Waals surface area contributed by atoms with Crippen LogP contribution in [0.15, 0.2) is 18.2 Å². The molecule has 13 heavy (non-hydrogen) atoms. The summed E-state index contributed by atoms with van der Waals surface area (Å²) in [6.07, 6.45) is 2.15. The van der Waals surface area contributed by atoms with Gasteiger partial charge < -0.3 is 11.5 Å². The molecule has 1 atom stereocenters. The van der Waals surface area contributed by atoms with Gasteiger partial charge in [-0.15, -0.1) is 0 Å². The predicted molar refractivity (Wildman–Crippen MR) is 57.4 cm³/mol. The zero-order valence-corrected chi connectivity index (χ0v) is 8.38. The Kier molecular flexibility index (Phi) is 3.32. The van der Waals surface area contributed by atoms with Crippen molar-refractivity contribution in [1.82, 2.24) is 0 Å². The number of nitrogens with two attached hydrogens (primary N) is 2. The molecule has 0 heterocycles. The summed E-state index contributed by atoms with van der Waals surface area (Å²) in [4.78, 5) is 0. The van der Waals surface area contributed by atoms with E-state index in [9.17, 15) is 0 Å². The van der Waals surface area contributed by atoms with Crippen molar-refractivity contribution < 1.29 is 0 Å². The van der Waals surface area contributed by atoms with Crippen LogP contribution in [-0.2, 0) is 0 Å². The molecule has 0 saturated carbocycles. The molecule has 1 rings (SSSR count). The molecule has 0 fully saturated rings. The maximum Gasteiger partial charge on any atom is 0.0316 e. The summed E-state index contributed by atoms with van der Waals surface area (Å²) < 4.78 is 0. The largest absolute Gasteiger partial charge is 0.399 e. The highest BCUT2D eigenvalue weighted by atomic mass is 14.6. The van der Waals surface area contributed by atoms with Gasteiger partial charge in [0.15, 0.2) is 0 Å². The third kappa shape index (κ3) is 2.46. The molecule has 2 heteroatoms. The lowest BCUT2D eigenvalue weighted by Gasteiger charge is -2.13. The third-order valence-electron chi connectivity index (χ3n) is 2.29. The third-order valence-corrected chi connectivity index (χ3v) is 2.29. The van der Waals surface area contributed by atoms with Crippen molar-refractivity contribution in [3.8, 4) is 0 Å². The van der Waals surface area contributed by atoms with Crippen LogP contribution < -0.4 is 11.5 Å². The molecule has 0 aliphatic rings. The minimum atomic E-state index is 0.158. The Morgan fingerprint density at radius 1 is 1.38 bits per heavy atom. The molecule has 0 spiro atoms. The first-order valence-corrected chi connectivity index (χ1v) is 4.76. The Labute approximate surface area is 79.9 Å². The van der Waals surface area contributed by atoms with Crippen LogP contribution in [0, 0.1) is 6.92 Å². The van der Waals surface area contributed by atoms with Crippen molar-refractivity contribution in [1.29, 1.82) is 0 Å². The SMILES string of the molecule is CCCC(N)c1ccc(N)cc1C. The van der Waals surface area contributed by atoms with Crippen LogP contribution >= 0.6 is 0 Å². The van der Waals surface area contributed by atoms with Crippen LogP contribution in [0.4, 0.5) is 5.69 Å². The number of aryl methyl sites for hydroxylation is 1. The highest BCUT2D eigenvalue weighted by Gasteiger charge is 2.07. The number of rotatable bonds is 3. The minimum absolute atomic E-state index is 0.158. The molecule has 0 aliphatic heterocycles. The van der Waals surface area contributed by atoms with Gasteiger partial charge in [0.05, 0.1) is 0 Å². The van der Waals surface area contributed by atoms with E-state index in [1.54, 1.807) is 0 Å². The molecular weight excluding hydrogens is 160 g/mol. The molecule has 1 unspecified atom stereocenters. The van der Waals surface area contributed by atoms with Crippen LogP contribution in [0.5, 0.6) is 0 Å². The maximum absolute atomic E-state index is 6.02. The Bertz CT molecular complexity index is 281. The number of hydrogen-bond donors (Lipinski definition) is 2. The van der Waals surface area contributed by atoms with Gasteiger partial charge in [-0.1, -0.05) is 19.4 Å². The van der Waals surface area contributed by atoms with E-state index in [0.717, 1.165) is 18.5 Å². The summed E-state index contributed by atoms with van der Waals surface area (Å²) >= 11 is 0. The second-order valence-corrected chi connectivity index (χ2v) is 3.51. The van der Waals surface area contributed by atoms with Gasteiger partial charge in [0.1, 0.15) is 0 Å². The van der Waals surface area contributed by atoms with Gasteiger partial charge in [-0.25, -0.2) is 0 Å². The van der Waals surface area contributed by atoms with Gasteiger partial charge in [0.25, 0.3) is 0 Å². The topological polar surface area (TPSA) is 52.0 Å². The van der Waals surface area contributed by atoms with Crippen LogP contribution in [-0.4, -0.2) is 0 Å². The molecule has 0 amide bonds. The number of benzene rings is 1. The molecule has 4 N–H and O–H groups in total. The summed E-state index contributed by atoms with van der Waals surface area (Å²) in [5.74, 6) is 0. The standard InChI is InChI=1S/C11H18N2/c1-3-4-11(13)10-6-5-9(12)7-8(10)2/h5-7,11H,3-4,12-13H2,1-2H3. The summed E-state index contributed by atoms with van der Waals surface area (Å²) in [5, 5.41) is 0. The molecule has 0 bridgehead atoms. The first kappa shape index (κ1) is 10.1. The fourth-order valence-electron chi connectivity index (χ4n) is 1.58. The Hall–Kier alpha value is -1.02. The minimum Gasteiger partial charge on any atom is -0.399 e. The average molecular weight is 178 g/mol. The molecule has 0 saturated heterocycles. The molecule has 0 aliphatic carbocycles. The maximum atomic E-state index is 6.02. The Morgan fingerprint density at radius 2 is 2.08 bits per heavy atom. The van der Waals surface area contributed by atoms with Crippen LogP contribution in [0.25, 0.3) is 0 Å². The monoisotopic (exact) mass is 178 g/mol. The van der Waals surface area contributed by atoms with E-state index in [1.165, 1.54) is 11.1 Å². The summed E-state index contributed by atoms with van der Waals surface area (Å²) in [5.41, 5.74) is 14.9. The zero-order valence-electron chi connectivity index (χ0n) is 8.38. The van der Waals surface area contributed by atoms with Gasteiger partial charge in [-0.05, 0) is 36.6 Å². The average Bonchev–Trinajstić information content (AvgIpc) is 2.04. The van der Waals surface area contributed by atoms with E-state index >= 15 is 0 Å². The molecular formula is C11H18N2. The summed E-state index contributed by atoms with van der Waals surface area (Å²) in [7, 11) is 0. The van der Waals surface area contributed by atoms with Crippen LogP contribution in [0.1, 0.15) is 36.9 Å². The molecule has 0 radical (unpaired) electrons. The summed E-state index contributed by atoms with van der Waals surface area (Å²) in [6.45, 7) is 4.20. The lowest BCUT2D eigenvalue weighted by atomic mass is 9.98. The van der Waals surface area contributed by atoms with Gasteiger partial charge in [-0.2, -0.15) is 0 Å². The first-order chi connectivity index (χ1) is 6.15. The highest BCUT2D eigenvalue weighted by Crippen LogP contribution is 2.21. The van der Waals surface area contributed by atoms with Crippen molar-refractivity contribution in [2.45, 2.75) is 32.7 Å². The predicted octanol–water partition coefficient (Wildman–Crippen LogP) is 2.38. The van der Waals surface area contributed by atoms with Crippen molar-refractivity contribution in [2.75, 3.05) is 5.73 Å². The lowest BCUT2D eigenvalue weighted by Crippen LogP contribution is -2.11. The van der Waals surface area contributed by atoms with E-state index in [0.29, 0.717) is 0 Å². The quantitative estimate of drug-likeness (QED) is 0.698. The van der Waals surface area contributed by atoms with Crippen molar-refractivity contribution in [3.05, 3.63) is 29.3 Å². The number of hydrogen-bond acceptors (Lipinski definition) is 2. The van der Waals surface area contributed by atoms with Crippen molar-refractivity contribution in [2.24, 2.45) is 5.73 Å².